The third-order valence-corrected chi connectivity index (χ3v) is 5.40. The lowest BCUT2D eigenvalue weighted by atomic mass is 9.98. The van der Waals surface area contributed by atoms with E-state index in [1.165, 1.54) is 25.7 Å². The van der Waals surface area contributed by atoms with Gasteiger partial charge in [-0.25, -0.2) is 9.97 Å². The summed E-state index contributed by atoms with van der Waals surface area (Å²) >= 11 is 0. The molecule has 26 heavy (non-hydrogen) atoms. The summed E-state index contributed by atoms with van der Waals surface area (Å²) in [7, 11) is 0. The summed E-state index contributed by atoms with van der Waals surface area (Å²) in [4.78, 5) is 23.0. The second-order valence-electron chi connectivity index (χ2n) is 7.33. The molecular weight excluding hydrogens is 330 g/mol. The van der Waals surface area contributed by atoms with Crippen LogP contribution in [-0.4, -0.2) is 41.7 Å². The van der Waals surface area contributed by atoms with Crippen LogP contribution in [-0.2, 0) is 9.53 Å². The maximum absolute atomic E-state index is 12.1. The van der Waals surface area contributed by atoms with E-state index in [0.717, 1.165) is 43.9 Å². The van der Waals surface area contributed by atoms with Gasteiger partial charge in [-0.05, 0) is 32.6 Å². The van der Waals surface area contributed by atoms with Gasteiger partial charge in [0.15, 0.2) is 11.6 Å². The van der Waals surface area contributed by atoms with E-state index in [9.17, 15) is 4.79 Å². The molecule has 0 bridgehead atoms. The van der Waals surface area contributed by atoms with Gasteiger partial charge in [-0.3, -0.25) is 4.79 Å². The molecule has 1 aliphatic carbocycles. The third-order valence-electron chi connectivity index (χ3n) is 5.40. The number of carbonyl (C=O) groups is 1. The van der Waals surface area contributed by atoms with Crippen molar-refractivity contribution in [2.24, 2.45) is 5.92 Å². The Morgan fingerprint density at radius 3 is 2.73 bits per heavy atom. The van der Waals surface area contributed by atoms with Crippen molar-refractivity contribution in [3.63, 3.8) is 0 Å². The van der Waals surface area contributed by atoms with E-state index in [0.29, 0.717) is 24.9 Å². The summed E-state index contributed by atoms with van der Waals surface area (Å²) in [6.07, 6.45) is 10.8. The fourth-order valence-electron chi connectivity index (χ4n) is 3.99. The van der Waals surface area contributed by atoms with E-state index in [2.05, 4.69) is 20.2 Å². The highest BCUT2D eigenvalue weighted by Crippen LogP contribution is 2.31. The average molecular weight is 361 g/mol. The number of nitrogens with two attached hydrogens (primary N) is 1. The summed E-state index contributed by atoms with van der Waals surface area (Å²) in [5, 5.41) is 3.53. The first-order valence-electron chi connectivity index (χ1n) is 9.97. The van der Waals surface area contributed by atoms with Crippen molar-refractivity contribution in [1.29, 1.82) is 0 Å². The lowest BCUT2D eigenvalue weighted by molar-refractivity contribution is -0.148. The summed E-state index contributed by atoms with van der Waals surface area (Å²) in [6.45, 7) is 3.70. The predicted octanol–water partition coefficient (Wildman–Crippen LogP) is 2.97. The molecule has 0 aromatic carbocycles. The second kappa shape index (κ2) is 9.05. The van der Waals surface area contributed by atoms with Crippen molar-refractivity contribution in [2.75, 3.05) is 35.6 Å². The van der Waals surface area contributed by atoms with E-state index in [-0.39, 0.29) is 11.9 Å². The highest BCUT2D eigenvalue weighted by atomic mass is 16.5. The van der Waals surface area contributed by atoms with Gasteiger partial charge in [-0.1, -0.05) is 25.7 Å². The highest BCUT2D eigenvalue weighted by molar-refractivity contribution is 5.77. The normalized spacial score (nSPS) is 21.9. The molecular formula is C19H31N5O2. The van der Waals surface area contributed by atoms with Gasteiger partial charge in [0, 0.05) is 19.1 Å². The first-order valence-corrected chi connectivity index (χ1v) is 9.97. The van der Waals surface area contributed by atoms with Gasteiger partial charge >= 0.3 is 5.97 Å². The van der Waals surface area contributed by atoms with Crippen LogP contribution in [0.4, 0.5) is 17.3 Å². The quantitative estimate of drug-likeness (QED) is 0.615. The lowest BCUT2D eigenvalue weighted by Crippen LogP contribution is -2.40. The van der Waals surface area contributed by atoms with Crippen LogP contribution in [0.3, 0.4) is 0 Å². The Labute approximate surface area is 155 Å². The second-order valence-corrected chi connectivity index (χ2v) is 7.33. The molecule has 1 aliphatic heterocycles. The number of rotatable bonds is 5. The van der Waals surface area contributed by atoms with Crippen molar-refractivity contribution < 1.29 is 9.53 Å². The number of ether oxygens (including phenoxy) is 1. The van der Waals surface area contributed by atoms with Gasteiger partial charge in [0.25, 0.3) is 0 Å². The lowest BCUT2D eigenvalue weighted by Gasteiger charge is -2.33. The van der Waals surface area contributed by atoms with E-state index < -0.39 is 0 Å². The van der Waals surface area contributed by atoms with Gasteiger partial charge < -0.3 is 20.7 Å². The zero-order valence-corrected chi connectivity index (χ0v) is 15.7. The van der Waals surface area contributed by atoms with Crippen molar-refractivity contribution in [3.8, 4) is 0 Å². The molecule has 1 atom stereocenters. The first kappa shape index (κ1) is 18.7. The molecule has 3 rings (SSSR count). The molecule has 2 heterocycles. The van der Waals surface area contributed by atoms with Crippen molar-refractivity contribution in [3.05, 3.63) is 6.33 Å². The standard InChI is InChI=1S/C19H31N5O2/c1-2-26-19(25)14-8-7-11-24(12-14)18-16(20)17(21-13-22-18)23-15-9-5-3-4-6-10-15/h13-15H,2-12,20H2,1H3,(H,21,22,23). The number of piperidine rings is 1. The van der Waals surface area contributed by atoms with Crippen LogP contribution in [0.1, 0.15) is 58.3 Å². The van der Waals surface area contributed by atoms with Crippen LogP contribution in [0.2, 0.25) is 0 Å². The van der Waals surface area contributed by atoms with Gasteiger partial charge in [0.05, 0.1) is 12.5 Å². The van der Waals surface area contributed by atoms with Crippen LogP contribution in [0.25, 0.3) is 0 Å². The molecule has 7 heteroatoms. The number of aromatic nitrogens is 2. The molecule has 1 aromatic rings. The minimum Gasteiger partial charge on any atom is -0.466 e. The topological polar surface area (TPSA) is 93.4 Å². The van der Waals surface area contributed by atoms with E-state index in [4.69, 9.17) is 10.5 Å². The minimum absolute atomic E-state index is 0.115. The zero-order valence-electron chi connectivity index (χ0n) is 15.7. The van der Waals surface area contributed by atoms with Crippen molar-refractivity contribution in [1.82, 2.24) is 9.97 Å². The van der Waals surface area contributed by atoms with E-state index in [1.807, 2.05) is 6.92 Å². The Bertz CT molecular complexity index is 602. The van der Waals surface area contributed by atoms with Crippen LogP contribution in [0, 0.1) is 5.92 Å². The number of esters is 1. The number of carbonyl (C=O) groups excluding carboxylic acids is 1. The molecule has 1 saturated heterocycles. The number of hydrogen-bond donors (Lipinski definition) is 2. The molecule has 7 nitrogen and oxygen atoms in total. The number of nitrogens with zero attached hydrogens (tertiary/aromatic N) is 3. The summed E-state index contributed by atoms with van der Waals surface area (Å²) in [5.41, 5.74) is 6.99. The van der Waals surface area contributed by atoms with Crippen LogP contribution in [0.5, 0.6) is 0 Å². The summed E-state index contributed by atoms with van der Waals surface area (Å²) < 4.78 is 5.19. The summed E-state index contributed by atoms with van der Waals surface area (Å²) in [5.74, 6) is 1.21. The fraction of sp³-hybridized carbons (Fsp3) is 0.737. The van der Waals surface area contributed by atoms with Crippen LogP contribution < -0.4 is 16.0 Å². The van der Waals surface area contributed by atoms with Crippen LogP contribution in [0.15, 0.2) is 6.33 Å². The fourth-order valence-corrected chi connectivity index (χ4v) is 3.99. The van der Waals surface area contributed by atoms with Gasteiger partial charge in [-0.2, -0.15) is 0 Å². The molecule has 2 aliphatic rings. The molecule has 1 saturated carbocycles. The molecule has 1 unspecified atom stereocenters. The Hall–Kier alpha value is -2.05. The van der Waals surface area contributed by atoms with Gasteiger partial charge in [-0.15, -0.1) is 0 Å². The van der Waals surface area contributed by atoms with Crippen molar-refractivity contribution >= 4 is 23.3 Å². The maximum Gasteiger partial charge on any atom is 0.310 e. The smallest absolute Gasteiger partial charge is 0.310 e. The number of nitrogen functional groups attached to an aromatic ring is 1. The third kappa shape index (κ3) is 4.56. The summed E-state index contributed by atoms with van der Waals surface area (Å²) in [6, 6.07) is 0.427. The molecule has 0 amide bonds. The highest BCUT2D eigenvalue weighted by Gasteiger charge is 2.29. The SMILES string of the molecule is CCOC(=O)C1CCCN(c2ncnc(NC3CCCCCC3)c2N)C1. The minimum atomic E-state index is -0.123. The van der Waals surface area contributed by atoms with E-state index >= 15 is 0 Å². The first-order chi connectivity index (χ1) is 12.7. The maximum atomic E-state index is 12.1. The molecule has 0 spiro atoms. The molecule has 144 valence electrons. The van der Waals surface area contributed by atoms with Gasteiger partial charge in [0.1, 0.15) is 12.0 Å². The zero-order chi connectivity index (χ0) is 18.4. The average Bonchev–Trinajstić information content (AvgIpc) is 2.92. The monoisotopic (exact) mass is 361 g/mol. The number of nitrogens with one attached hydrogen (secondary N) is 1. The van der Waals surface area contributed by atoms with E-state index in [1.54, 1.807) is 6.33 Å². The largest absolute Gasteiger partial charge is 0.466 e. The Balaban J connectivity index is 1.70. The van der Waals surface area contributed by atoms with Gasteiger partial charge in [0.2, 0.25) is 0 Å². The Morgan fingerprint density at radius 2 is 2.00 bits per heavy atom. The Kier molecular flexibility index (Phi) is 6.52. The molecule has 2 fully saturated rings. The molecule has 0 radical (unpaired) electrons. The molecule has 1 aromatic heterocycles. The number of hydrogen-bond acceptors (Lipinski definition) is 7. The van der Waals surface area contributed by atoms with Crippen molar-refractivity contribution in [2.45, 2.75) is 64.3 Å². The predicted molar refractivity (Wildman–Crippen MR) is 103 cm³/mol. The van der Waals surface area contributed by atoms with Crippen LogP contribution >= 0.6 is 0 Å². The molecule has 3 N–H and O–H groups in total. The number of anilines is 3. The Morgan fingerprint density at radius 1 is 1.23 bits per heavy atom.